The Morgan fingerprint density at radius 1 is 1.62 bits per heavy atom. The molecule has 0 N–H and O–H groups in total. The summed E-state index contributed by atoms with van der Waals surface area (Å²) in [6.07, 6.45) is 3.24. The van der Waals surface area contributed by atoms with Crippen LogP contribution in [-0.4, -0.2) is 22.5 Å². The number of aromatic nitrogens is 2. The van der Waals surface area contributed by atoms with Gasteiger partial charge in [0.1, 0.15) is 6.07 Å². The van der Waals surface area contributed by atoms with Crippen molar-refractivity contribution in [3.8, 4) is 6.07 Å². The molecule has 2 aromatic rings. The van der Waals surface area contributed by atoms with Crippen molar-refractivity contribution in [1.82, 2.24) is 9.38 Å². The predicted octanol–water partition coefficient (Wildman–Crippen LogP) is 1.76. The summed E-state index contributed by atoms with van der Waals surface area (Å²) in [5.74, 6) is -0.524. The number of halogens is 1. The van der Waals surface area contributed by atoms with Gasteiger partial charge in [-0.2, -0.15) is 5.26 Å². The number of esters is 1. The summed E-state index contributed by atoms with van der Waals surface area (Å²) in [5.41, 5.74) is 1.01. The number of hydrogen-bond acceptors (Lipinski definition) is 4. The lowest BCUT2D eigenvalue weighted by Gasteiger charge is -1.95. The zero-order valence-electron chi connectivity index (χ0n) is 8.27. The highest BCUT2D eigenvalue weighted by Gasteiger charge is 2.13. The lowest BCUT2D eigenvalue weighted by atomic mass is 10.3. The van der Waals surface area contributed by atoms with Crippen molar-refractivity contribution in [1.29, 1.82) is 5.26 Å². The van der Waals surface area contributed by atoms with Gasteiger partial charge in [-0.1, -0.05) is 0 Å². The molecule has 0 amide bonds. The Bertz CT molecular complexity index is 612. The summed E-state index contributed by atoms with van der Waals surface area (Å²) < 4.78 is 6.91. The minimum atomic E-state index is -0.524. The fourth-order valence-corrected chi connectivity index (χ4v) is 1.80. The number of hydrogen-bond donors (Lipinski definition) is 0. The van der Waals surface area contributed by atoms with Gasteiger partial charge in [0.2, 0.25) is 0 Å². The molecule has 16 heavy (non-hydrogen) atoms. The second kappa shape index (κ2) is 3.94. The van der Waals surface area contributed by atoms with Gasteiger partial charge in [0.05, 0.1) is 12.7 Å². The normalized spacial score (nSPS) is 10.1. The van der Waals surface area contributed by atoms with Crippen LogP contribution in [-0.2, 0) is 4.74 Å². The Kier molecular flexibility index (Phi) is 2.62. The zero-order chi connectivity index (χ0) is 11.7. The molecular formula is C10H6BrN3O2. The predicted molar refractivity (Wildman–Crippen MR) is 58.9 cm³/mol. The minimum absolute atomic E-state index is 0.178. The van der Waals surface area contributed by atoms with Crippen LogP contribution < -0.4 is 0 Å². The Morgan fingerprint density at radius 3 is 3.00 bits per heavy atom. The first kappa shape index (κ1) is 10.6. The summed E-state index contributed by atoms with van der Waals surface area (Å²) in [7, 11) is 1.29. The molecule has 0 aliphatic carbocycles. The Balaban J connectivity index is 2.71. The fourth-order valence-electron chi connectivity index (χ4n) is 1.35. The molecular weight excluding hydrogens is 274 g/mol. The van der Waals surface area contributed by atoms with Crippen molar-refractivity contribution in [2.45, 2.75) is 0 Å². The van der Waals surface area contributed by atoms with Crippen molar-refractivity contribution in [3.05, 3.63) is 34.2 Å². The first-order valence-corrected chi connectivity index (χ1v) is 5.11. The number of fused-ring (bicyclic) bond motifs is 1. The third kappa shape index (κ3) is 1.66. The number of carbonyl (C=O) groups excluding carboxylic acids is 1. The van der Waals surface area contributed by atoms with E-state index in [1.54, 1.807) is 16.7 Å². The zero-order valence-corrected chi connectivity index (χ0v) is 9.85. The fraction of sp³-hybridized carbons (Fsp3) is 0.100. The molecule has 2 heterocycles. The average molecular weight is 280 g/mol. The van der Waals surface area contributed by atoms with Crippen molar-refractivity contribution in [2.75, 3.05) is 7.11 Å². The second-order valence-electron chi connectivity index (χ2n) is 3.03. The SMILES string of the molecule is COC(=O)c1cn2cc(Br)cc(C#N)c2n1. The van der Waals surface area contributed by atoms with Crippen molar-refractivity contribution >= 4 is 27.5 Å². The maximum atomic E-state index is 11.3. The number of methoxy groups -OCH3 is 1. The Morgan fingerprint density at radius 2 is 2.38 bits per heavy atom. The molecule has 0 saturated heterocycles. The summed E-state index contributed by atoms with van der Waals surface area (Å²) in [6.45, 7) is 0. The van der Waals surface area contributed by atoms with Crippen molar-refractivity contribution in [2.24, 2.45) is 0 Å². The quantitative estimate of drug-likeness (QED) is 0.746. The molecule has 2 aromatic heterocycles. The summed E-state index contributed by atoms with van der Waals surface area (Å²) >= 11 is 3.27. The standard InChI is InChI=1S/C10H6BrN3O2/c1-16-10(15)8-5-14-4-7(11)2-6(3-12)9(14)13-8/h2,4-5H,1H3. The number of ether oxygens (including phenoxy) is 1. The van der Waals surface area contributed by atoms with Crippen molar-refractivity contribution in [3.63, 3.8) is 0 Å². The lowest BCUT2D eigenvalue weighted by molar-refractivity contribution is 0.0595. The van der Waals surface area contributed by atoms with E-state index in [-0.39, 0.29) is 5.69 Å². The summed E-state index contributed by atoms with van der Waals surface area (Å²) in [4.78, 5) is 15.3. The molecule has 0 unspecified atom stereocenters. The van der Waals surface area contributed by atoms with Gasteiger partial charge in [-0.05, 0) is 22.0 Å². The van der Waals surface area contributed by atoms with E-state index in [0.717, 1.165) is 4.47 Å². The third-order valence-electron chi connectivity index (χ3n) is 2.03. The number of imidazole rings is 1. The van der Waals surface area contributed by atoms with Crippen molar-refractivity contribution < 1.29 is 9.53 Å². The van der Waals surface area contributed by atoms with E-state index in [2.05, 4.69) is 25.7 Å². The van der Waals surface area contributed by atoms with E-state index in [1.807, 2.05) is 6.07 Å². The molecule has 0 atom stereocenters. The van der Waals surface area contributed by atoms with E-state index in [1.165, 1.54) is 13.3 Å². The van der Waals surface area contributed by atoms with E-state index >= 15 is 0 Å². The molecule has 0 bridgehead atoms. The molecule has 80 valence electrons. The van der Waals surface area contributed by atoms with Gasteiger partial charge in [0.15, 0.2) is 11.3 Å². The highest BCUT2D eigenvalue weighted by Crippen LogP contribution is 2.17. The van der Waals surface area contributed by atoms with E-state index in [9.17, 15) is 4.79 Å². The number of rotatable bonds is 1. The first-order chi connectivity index (χ1) is 7.65. The molecule has 0 saturated carbocycles. The van der Waals surface area contributed by atoms with Crippen LogP contribution in [0.5, 0.6) is 0 Å². The first-order valence-electron chi connectivity index (χ1n) is 4.32. The maximum absolute atomic E-state index is 11.3. The van der Waals surface area contributed by atoms with Crippen LogP contribution in [0.4, 0.5) is 0 Å². The van der Waals surface area contributed by atoms with Gasteiger partial charge in [-0.25, -0.2) is 9.78 Å². The molecule has 0 aromatic carbocycles. The smallest absolute Gasteiger partial charge is 0.358 e. The largest absolute Gasteiger partial charge is 0.464 e. The van der Waals surface area contributed by atoms with Gasteiger partial charge in [0, 0.05) is 16.9 Å². The highest BCUT2D eigenvalue weighted by atomic mass is 79.9. The van der Waals surface area contributed by atoms with Gasteiger partial charge in [-0.3, -0.25) is 0 Å². The molecule has 5 nitrogen and oxygen atoms in total. The Labute approximate surface area is 99.4 Å². The molecule has 0 aliphatic rings. The molecule has 0 fully saturated rings. The van der Waals surface area contributed by atoms with E-state index in [0.29, 0.717) is 11.2 Å². The molecule has 0 spiro atoms. The summed E-state index contributed by atoms with van der Waals surface area (Å²) in [6, 6.07) is 3.66. The average Bonchev–Trinajstić information content (AvgIpc) is 2.70. The second-order valence-corrected chi connectivity index (χ2v) is 3.95. The number of carbonyl (C=O) groups is 1. The topological polar surface area (TPSA) is 67.4 Å². The van der Waals surface area contributed by atoms with Crippen LogP contribution in [0, 0.1) is 11.3 Å². The van der Waals surface area contributed by atoms with Crippen LogP contribution in [0.2, 0.25) is 0 Å². The molecule has 0 aliphatic heterocycles. The van der Waals surface area contributed by atoms with Crippen LogP contribution in [0.25, 0.3) is 5.65 Å². The maximum Gasteiger partial charge on any atom is 0.358 e. The molecule has 2 rings (SSSR count). The molecule has 6 heteroatoms. The van der Waals surface area contributed by atoms with Crippen LogP contribution >= 0.6 is 15.9 Å². The number of nitrogens with zero attached hydrogens (tertiary/aromatic N) is 3. The van der Waals surface area contributed by atoms with E-state index in [4.69, 9.17) is 5.26 Å². The number of pyridine rings is 1. The van der Waals surface area contributed by atoms with Crippen LogP contribution in [0.15, 0.2) is 22.9 Å². The van der Waals surface area contributed by atoms with Gasteiger partial charge in [0.25, 0.3) is 0 Å². The van der Waals surface area contributed by atoms with Gasteiger partial charge in [-0.15, -0.1) is 0 Å². The monoisotopic (exact) mass is 279 g/mol. The van der Waals surface area contributed by atoms with E-state index < -0.39 is 5.97 Å². The lowest BCUT2D eigenvalue weighted by Crippen LogP contribution is -2.00. The minimum Gasteiger partial charge on any atom is -0.464 e. The Hall–Kier alpha value is -1.87. The van der Waals surface area contributed by atoms with Crippen LogP contribution in [0.1, 0.15) is 16.1 Å². The van der Waals surface area contributed by atoms with Crippen LogP contribution in [0.3, 0.4) is 0 Å². The summed E-state index contributed by atoms with van der Waals surface area (Å²) in [5, 5.41) is 8.92. The molecule has 0 radical (unpaired) electrons. The van der Waals surface area contributed by atoms with Gasteiger partial charge >= 0.3 is 5.97 Å². The van der Waals surface area contributed by atoms with Gasteiger partial charge < -0.3 is 9.14 Å². The highest BCUT2D eigenvalue weighted by molar-refractivity contribution is 9.10. The number of nitriles is 1. The third-order valence-corrected chi connectivity index (χ3v) is 2.47.